The molecular weight excluding hydrogens is 695 g/mol. The number of ether oxygens (including phenoxy) is 3. The van der Waals surface area contributed by atoms with Gasteiger partial charge in [-0.3, -0.25) is 9.59 Å². The van der Waals surface area contributed by atoms with Crippen molar-refractivity contribution in [2.75, 3.05) is 26.2 Å². The second-order valence-corrected chi connectivity index (χ2v) is 19.8. The van der Waals surface area contributed by atoms with Crippen molar-refractivity contribution in [2.45, 2.75) is 176 Å². The number of esters is 1. The third-order valence-electron chi connectivity index (χ3n) is 12.6. The summed E-state index contributed by atoms with van der Waals surface area (Å²) in [5.41, 5.74) is 0.349. The summed E-state index contributed by atoms with van der Waals surface area (Å²) in [4.78, 5) is 53.0. The van der Waals surface area contributed by atoms with Crippen LogP contribution in [0.1, 0.15) is 159 Å². The molecule has 0 saturated heterocycles. The van der Waals surface area contributed by atoms with Crippen LogP contribution in [0.15, 0.2) is 11.6 Å². The average Bonchev–Trinajstić information content (AvgIpc) is 3.57. The Morgan fingerprint density at radius 2 is 1.42 bits per heavy atom. The maximum Gasteiger partial charge on any atom is 0.407 e. The summed E-state index contributed by atoms with van der Waals surface area (Å²) >= 11 is 0. The van der Waals surface area contributed by atoms with Crippen molar-refractivity contribution in [2.24, 2.45) is 47.3 Å². The van der Waals surface area contributed by atoms with E-state index in [0.717, 1.165) is 36.5 Å². The second-order valence-electron chi connectivity index (χ2n) is 19.8. The Hall–Kier alpha value is -2.78. The van der Waals surface area contributed by atoms with Crippen LogP contribution in [0.25, 0.3) is 0 Å². The van der Waals surface area contributed by atoms with E-state index in [9.17, 15) is 19.2 Å². The average molecular weight is 772 g/mol. The number of fused-ring (bicyclic) bond motifs is 5. The van der Waals surface area contributed by atoms with Gasteiger partial charge < -0.3 is 29.7 Å². The number of rotatable bonds is 17. The number of carbonyl (C=O) groups is 4. The first-order valence-electron chi connectivity index (χ1n) is 22.0. The van der Waals surface area contributed by atoms with E-state index in [1.54, 1.807) is 10.5 Å². The first kappa shape index (κ1) is 44.9. The predicted octanol–water partition coefficient (Wildman–Crippen LogP) is 9.60. The molecule has 4 aliphatic rings. The molecule has 0 radical (unpaired) electrons. The van der Waals surface area contributed by atoms with Crippen LogP contribution in [0, 0.1) is 47.3 Å². The Bertz CT molecular complexity index is 1260. The number of hydrogen-bond acceptors (Lipinski definition) is 7. The number of amides is 3. The smallest absolute Gasteiger partial charge is 0.407 e. The summed E-state index contributed by atoms with van der Waals surface area (Å²) in [7, 11) is 0. The van der Waals surface area contributed by atoms with Crippen molar-refractivity contribution in [3.63, 3.8) is 0 Å². The third kappa shape index (κ3) is 14.6. The quantitative estimate of drug-likeness (QED) is 0.0654. The zero-order chi connectivity index (χ0) is 40.3. The number of alkyl carbamates (subject to hydrolysis) is 2. The molecule has 4 rings (SSSR count). The molecule has 0 bridgehead atoms. The van der Waals surface area contributed by atoms with E-state index in [2.05, 4.69) is 37.5 Å². The maximum atomic E-state index is 13.5. The van der Waals surface area contributed by atoms with Gasteiger partial charge in [0, 0.05) is 39.0 Å². The van der Waals surface area contributed by atoms with Crippen LogP contribution < -0.4 is 10.6 Å². The Kier molecular flexibility index (Phi) is 16.8. The van der Waals surface area contributed by atoms with Gasteiger partial charge in [-0.2, -0.15) is 0 Å². The standard InChI is InChI=1S/C45H77N3O7/c1-30(2)14-10-15-31(3)38-29-34(28-33-19-20-36-35-17-11-16-32(35)18-21-37(36)41(33)38)53-40(50)23-22-39(49)48(26-12-24-46-42(51)54-44(4,5)6)27-13-25-47-43(52)55-45(7,8)9/h19,30-32,34-38,41H,10-18,20-29H2,1-9H3,(H,46,51)(H,47,52)/t31-,32?,34?,35?,36?,37?,38?,41?/m1/s1. The van der Waals surface area contributed by atoms with Crippen LogP contribution in [-0.2, 0) is 23.8 Å². The fourth-order valence-corrected chi connectivity index (χ4v) is 10.3. The number of carbonyl (C=O) groups excluding carboxylic acids is 4. The van der Waals surface area contributed by atoms with Gasteiger partial charge in [0.15, 0.2) is 0 Å². The summed E-state index contributed by atoms with van der Waals surface area (Å²) in [6.45, 7) is 19.4. The van der Waals surface area contributed by atoms with Gasteiger partial charge in [0.2, 0.25) is 5.91 Å². The van der Waals surface area contributed by atoms with Crippen molar-refractivity contribution in [3.05, 3.63) is 11.6 Å². The van der Waals surface area contributed by atoms with Gasteiger partial charge in [-0.25, -0.2) is 9.59 Å². The largest absolute Gasteiger partial charge is 0.462 e. The molecular formula is C45H77N3O7. The highest BCUT2D eigenvalue weighted by Gasteiger charge is 2.51. The molecule has 0 aromatic heterocycles. The first-order chi connectivity index (χ1) is 25.9. The summed E-state index contributed by atoms with van der Waals surface area (Å²) in [5.74, 6) is 5.44. The Morgan fingerprint density at radius 1 is 0.782 bits per heavy atom. The van der Waals surface area contributed by atoms with Gasteiger partial charge >= 0.3 is 18.2 Å². The molecule has 3 fully saturated rings. The highest BCUT2D eigenvalue weighted by Crippen LogP contribution is 2.58. The third-order valence-corrected chi connectivity index (χ3v) is 12.6. The fraction of sp³-hybridized carbons (Fsp3) is 0.867. The van der Waals surface area contributed by atoms with Crippen molar-refractivity contribution in [1.82, 2.24) is 15.5 Å². The lowest BCUT2D eigenvalue weighted by Gasteiger charge is -2.53. The number of nitrogens with zero attached hydrogens (tertiary/aromatic N) is 1. The number of hydrogen-bond donors (Lipinski definition) is 2. The minimum atomic E-state index is -0.598. The lowest BCUT2D eigenvalue weighted by atomic mass is 9.53. The lowest BCUT2D eigenvalue weighted by molar-refractivity contribution is -0.153. The van der Waals surface area contributed by atoms with Crippen LogP contribution in [0.5, 0.6) is 0 Å². The van der Waals surface area contributed by atoms with Crippen molar-refractivity contribution >= 4 is 24.1 Å². The fourth-order valence-electron chi connectivity index (χ4n) is 10.3. The van der Waals surface area contributed by atoms with E-state index in [4.69, 9.17) is 14.2 Å². The topological polar surface area (TPSA) is 123 Å². The summed E-state index contributed by atoms with van der Waals surface area (Å²) in [6.07, 6.45) is 16.2. The normalized spacial score (nSPS) is 26.8. The minimum absolute atomic E-state index is 0.0308. The molecule has 7 unspecified atom stereocenters. The lowest BCUT2D eigenvalue weighted by Crippen LogP contribution is -2.46. The van der Waals surface area contributed by atoms with E-state index in [1.165, 1.54) is 57.8 Å². The van der Waals surface area contributed by atoms with E-state index in [-0.39, 0.29) is 30.8 Å². The molecule has 55 heavy (non-hydrogen) atoms. The van der Waals surface area contributed by atoms with Gasteiger partial charge in [-0.15, -0.1) is 0 Å². The molecule has 0 aliphatic heterocycles. The van der Waals surface area contributed by atoms with Crippen molar-refractivity contribution < 1.29 is 33.4 Å². The Morgan fingerprint density at radius 3 is 2.02 bits per heavy atom. The second kappa shape index (κ2) is 20.6. The molecule has 4 aliphatic carbocycles. The molecule has 314 valence electrons. The molecule has 10 nitrogen and oxygen atoms in total. The maximum absolute atomic E-state index is 13.5. The van der Waals surface area contributed by atoms with Crippen LogP contribution in [0.2, 0.25) is 0 Å². The van der Waals surface area contributed by atoms with Gasteiger partial charge in [-0.05, 0) is 134 Å². The molecule has 8 atom stereocenters. The van der Waals surface area contributed by atoms with E-state index in [1.807, 2.05) is 41.5 Å². The summed E-state index contributed by atoms with van der Waals surface area (Å²) < 4.78 is 16.9. The number of allylic oxidation sites excluding steroid dienone is 1. The zero-order valence-electron chi connectivity index (χ0n) is 36.0. The van der Waals surface area contributed by atoms with Crippen LogP contribution >= 0.6 is 0 Å². The summed E-state index contributed by atoms with van der Waals surface area (Å²) in [5, 5.41) is 5.51. The molecule has 0 spiro atoms. The highest BCUT2D eigenvalue weighted by molar-refractivity contribution is 5.81. The van der Waals surface area contributed by atoms with Gasteiger partial charge in [0.25, 0.3) is 0 Å². The molecule has 10 heteroatoms. The zero-order valence-corrected chi connectivity index (χ0v) is 36.0. The molecule has 0 aromatic rings. The Balaban J connectivity index is 1.34. The van der Waals surface area contributed by atoms with Gasteiger partial charge in [0.1, 0.15) is 17.3 Å². The van der Waals surface area contributed by atoms with E-state index < -0.39 is 23.4 Å². The monoisotopic (exact) mass is 772 g/mol. The predicted molar refractivity (Wildman–Crippen MR) is 217 cm³/mol. The van der Waals surface area contributed by atoms with E-state index in [0.29, 0.717) is 62.7 Å². The minimum Gasteiger partial charge on any atom is -0.462 e. The van der Waals surface area contributed by atoms with Gasteiger partial charge in [-0.1, -0.05) is 64.5 Å². The molecule has 0 aromatic carbocycles. The Labute approximate surface area is 333 Å². The first-order valence-corrected chi connectivity index (χ1v) is 22.0. The van der Waals surface area contributed by atoms with E-state index >= 15 is 0 Å². The van der Waals surface area contributed by atoms with Crippen LogP contribution in [-0.4, -0.2) is 72.4 Å². The van der Waals surface area contributed by atoms with Crippen LogP contribution in [0.4, 0.5) is 9.59 Å². The van der Waals surface area contributed by atoms with Crippen LogP contribution in [0.3, 0.4) is 0 Å². The summed E-state index contributed by atoms with van der Waals surface area (Å²) in [6, 6.07) is 0. The molecule has 3 amide bonds. The molecule has 0 heterocycles. The highest BCUT2D eigenvalue weighted by atomic mass is 16.6. The van der Waals surface area contributed by atoms with Crippen molar-refractivity contribution in [3.8, 4) is 0 Å². The van der Waals surface area contributed by atoms with Crippen molar-refractivity contribution in [1.29, 1.82) is 0 Å². The molecule has 3 saturated carbocycles. The molecule has 2 N–H and O–H groups in total. The van der Waals surface area contributed by atoms with Gasteiger partial charge in [0.05, 0.1) is 6.42 Å². The number of nitrogens with one attached hydrogen (secondary N) is 2. The SMILES string of the molecule is CC(C)CCC[C@@H](C)C1CC(OC(=O)CCC(=O)N(CCCNC(=O)OC(C)(C)C)CCCNC(=O)OC(C)(C)C)CC2=CCC3C4CCCC4CCC3C21.